The van der Waals surface area contributed by atoms with Crippen molar-refractivity contribution in [3.8, 4) is 11.5 Å². The lowest BCUT2D eigenvalue weighted by atomic mass is 9.77. The number of amides is 1. The van der Waals surface area contributed by atoms with Crippen LogP contribution in [-0.2, 0) is 12.0 Å². The van der Waals surface area contributed by atoms with Crippen LogP contribution in [0.1, 0.15) is 27.0 Å². The zero-order valence-corrected chi connectivity index (χ0v) is 21.3. The first-order valence-corrected chi connectivity index (χ1v) is 12.1. The largest absolute Gasteiger partial charge is 0.494 e. The molecule has 0 heterocycles. The lowest BCUT2D eigenvalue weighted by Gasteiger charge is -2.37. The molecule has 41 heavy (non-hydrogen) atoms. The number of alkyl halides is 4. The number of hydrogen-bond acceptors (Lipinski definition) is 3. The molecule has 0 fully saturated rings. The Labute approximate surface area is 230 Å². The van der Waals surface area contributed by atoms with E-state index >= 15 is 0 Å². The molecule has 0 aliphatic heterocycles. The smallest absolute Gasteiger partial charge is 0.461 e. The molecule has 214 valence electrons. The summed E-state index contributed by atoms with van der Waals surface area (Å²) in [6, 6.07) is 18.7. The summed E-state index contributed by atoms with van der Waals surface area (Å²) in [5.74, 6) is -4.54. The van der Waals surface area contributed by atoms with E-state index in [1.165, 1.54) is 19.2 Å². The third-order valence-electron chi connectivity index (χ3n) is 6.26. The topological polar surface area (TPSA) is 47.6 Å². The Morgan fingerprint density at radius 3 is 2.15 bits per heavy atom. The van der Waals surface area contributed by atoms with E-state index in [1.54, 1.807) is 30.3 Å². The van der Waals surface area contributed by atoms with Crippen molar-refractivity contribution in [3.05, 3.63) is 131 Å². The zero-order valence-electron chi connectivity index (χ0n) is 21.3. The minimum atomic E-state index is -4.95. The number of carbonyl (C=O) groups is 1. The van der Waals surface area contributed by atoms with Gasteiger partial charge in [0.05, 0.1) is 12.6 Å². The van der Waals surface area contributed by atoms with Gasteiger partial charge < -0.3 is 14.8 Å². The van der Waals surface area contributed by atoms with Gasteiger partial charge in [-0.1, -0.05) is 42.5 Å². The minimum Gasteiger partial charge on any atom is -0.494 e. The molecule has 0 saturated heterocycles. The second-order valence-corrected chi connectivity index (χ2v) is 9.02. The highest BCUT2D eigenvalue weighted by Crippen LogP contribution is 2.38. The van der Waals surface area contributed by atoms with E-state index < -0.39 is 47.2 Å². The predicted octanol–water partition coefficient (Wildman–Crippen LogP) is 7.27. The van der Waals surface area contributed by atoms with Crippen molar-refractivity contribution in [2.45, 2.75) is 24.5 Å². The van der Waals surface area contributed by atoms with Gasteiger partial charge in [-0.25, -0.2) is 13.2 Å². The molecule has 1 atom stereocenters. The molecule has 11 heteroatoms. The zero-order chi connectivity index (χ0) is 29.8. The molecule has 4 aromatic carbocycles. The molecule has 0 spiro atoms. The second kappa shape index (κ2) is 11.9. The molecule has 0 aliphatic rings. The number of benzene rings is 4. The van der Waals surface area contributed by atoms with Crippen LogP contribution in [0.2, 0.25) is 0 Å². The van der Waals surface area contributed by atoms with Crippen LogP contribution in [0.3, 0.4) is 0 Å². The van der Waals surface area contributed by atoms with E-state index in [0.717, 1.165) is 42.5 Å². The molecular weight excluding hydrogens is 555 g/mol. The fourth-order valence-corrected chi connectivity index (χ4v) is 4.33. The fourth-order valence-electron chi connectivity index (χ4n) is 4.33. The van der Waals surface area contributed by atoms with E-state index in [-0.39, 0.29) is 28.9 Å². The van der Waals surface area contributed by atoms with Crippen molar-refractivity contribution in [3.63, 3.8) is 0 Å². The highest BCUT2D eigenvalue weighted by Gasteiger charge is 2.45. The van der Waals surface area contributed by atoms with Gasteiger partial charge in [0.2, 0.25) is 0 Å². The van der Waals surface area contributed by atoms with Crippen molar-refractivity contribution >= 4 is 5.91 Å². The molecule has 4 nitrogen and oxygen atoms in total. The minimum absolute atomic E-state index is 0.0834. The Morgan fingerprint density at radius 1 is 0.829 bits per heavy atom. The number of nitrogens with one attached hydrogen (secondary N) is 1. The number of ether oxygens (including phenoxy) is 2. The van der Waals surface area contributed by atoms with E-state index in [4.69, 9.17) is 4.74 Å². The summed E-state index contributed by atoms with van der Waals surface area (Å²) in [5, 5.41) is 2.76. The molecule has 1 amide bonds. The molecule has 0 bridgehead atoms. The van der Waals surface area contributed by atoms with E-state index in [2.05, 4.69) is 10.1 Å². The average molecular weight is 577 g/mol. The Balaban J connectivity index is 1.94. The summed E-state index contributed by atoms with van der Waals surface area (Å²) in [7, 11) is 1.20. The standard InChI is InChI=1S/C30H22F7NO3/c1-40-26-13-19(7-12-25(26)33)27(39)38-29(17-18-5-3-2-4-6-18,20-8-10-22(31)11-9-20)21-14-23(32)16-24(15-21)41-30(36,37)28(34)35/h2-16,28H,17H2,1H3,(H,38,39)/t29-/m1/s1. The number of carbonyl (C=O) groups excluding carboxylic acids is 1. The summed E-state index contributed by atoms with van der Waals surface area (Å²) in [6.07, 6.45) is -9.30. The molecule has 0 radical (unpaired) electrons. The van der Waals surface area contributed by atoms with Gasteiger partial charge in [0.1, 0.15) is 17.4 Å². The van der Waals surface area contributed by atoms with Gasteiger partial charge in [-0.15, -0.1) is 0 Å². The first-order valence-electron chi connectivity index (χ1n) is 12.1. The number of methoxy groups -OCH3 is 1. The highest BCUT2D eigenvalue weighted by atomic mass is 19.3. The lowest BCUT2D eigenvalue weighted by Crippen LogP contribution is -2.48. The molecular formula is C30H22F7NO3. The van der Waals surface area contributed by atoms with Crippen LogP contribution in [0, 0.1) is 17.5 Å². The van der Waals surface area contributed by atoms with Crippen LogP contribution in [0.15, 0.2) is 91.0 Å². The molecule has 0 unspecified atom stereocenters. The number of halogens is 7. The third kappa shape index (κ3) is 6.62. The summed E-state index contributed by atoms with van der Waals surface area (Å²) >= 11 is 0. The highest BCUT2D eigenvalue weighted by molar-refractivity contribution is 5.95. The van der Waals surface area contributed by atoms with E-state index in [0.29, 0.717) is 11.6 Å². The van der Waals surface area contributed by atoms with E-state index in [9.17, 15) is 35.5 Å². The maximum absolute atomic E-state index is 14.9. The van der Waals surface area contributed by atoms with Gasteiger partial charge in [-0.05, 0) is 59.2 Å². The molecule has 0 aromatic heterocycles. The number of hydrogen-bond donors (Lipinski definition) is 1. The van der Waals surface area contributed by atoms with Gasteiger partial charge in [0.25, 0.3) is 5.91 Å². The Kier molecular flexibility index (Phi) is 8.55. The quantitative estimate of drug-likeness (QED) is 0.202. The van der Waals surface area contributed by atoms with Crippen molar-refractivity contribution in [1.29, 1.82) is 0 Å². The first kappa shape index (κ1) is 29.4. The molecule has 4 aromatic rings. The maximum Gasteiger partial charge on any atom is 0.461 e. The van der Waals surface area contributed by atoms with Crippen molar-refractivity contribution in [2.75, 3.05) is 7.11 Å². The third-order valence-corrected chi connectivity index (χ3v) is 6.26. The van der Waals surface area contributed by atoms with Gasteiger partial charge in [-0.2, -0.15) is 17.6 Å². The Hall–Kier alpha value is -4.54. The summed E-state index contributed by atoms with van der Waals surface area (Å²) in [6.45, 7) is 0. The fraction of sp³-hybridized carbons (Fsp3) is 0.167. The molecule has 0 saturated carbocycles. The number of rotatable bonds is 10. The summed E-state index contributed by atoms with van der Waals surface area (Å²) < 4.78 is 105. The predicted molar refractivity (Wildman–Crippen MR) is 136 cm³/mol. The summed E-state index contributed by atoms with van der Waals surface area (Å²) in [4.78, 5) is 13.6. The van der Waals surface area contributed by atoms with Crippen molar-refractivity contribution < 1.29 is 45.0 Å². The Bertz CT molecular complexity index is 1510. The first-order chi connectivity index (χ1) is 19.4. The molecule has 4 rings (SSSR count). The van der Waals surface area contributed by atoms with Gasteiger partial charge in [0.15, 0.2) is 11.6 Å². The lowest BCUT2D eigenvalue weighted by molar-refractivity contribution is -0.253. The SMILES string of the molecule is COc1cc(C(=O)N[C@](Cc2ccccc2)(c2ccc(F)cc2)c2cc(F)cc(OC(F)(F)C(F)F)c2)ccc1F. The van der Waals surface area contributed by atoms with Crippen LogP contribution in [0.4, 0.5) is 30.7 Å². The second-order valence-electron chi connectivity index (χ2n) is 9.02. The van der Waals surface area contributed by atoms with Gasteiger partial charge in [0, 0.05) is 18.1 Å². The van der Waals surface area contributed by atoms with Crippen molar-refractivity contribution in [1.82, 2.24) is 5.32 Å². The molecule has 0 aliphatic carbocycles. The van der Waals surface area contributed by atoms with Crippen LogP contribution >= 0.6 is 0 Å². The van der Waals surface area contributed by atoms with Crippen LogP contribution in [0.5, 0.6) is 11.5 Å². The maximum atomic E-state index is 14.9. The van der Waals surface area contributed by atoms with Crippen LogP contribution < -0.4 is 14.8 Å². The average Bonchev–Trinajstić information content (AvgIpc) is 2.93. The Morgan fingerprint density at radius 2 is 1.51 bits per heavy atom. The normalized spacial score (nSPS) is 13.0. The molecule has 1 N–H and O–H groups in total. The summed E-state index contributed by atoms with van der Waals surface area (Å²) in [5.41, 5.74) is -1.33. The van der Waals surface area contributed by atoms with Gasteiger partial charge >= 0.3 is 12.5 Å². The monoisotopic (exact) mass is 577 g/mol. The van der Waals surface area contributed by atoms with E-state index in [1.807, 2.05) is 0 Å². The van der Waals surface area contributed by atoms with Crippen molar-refractivity contribution in [2.24, 2.45) is 0 Å². The van der Waals surface area contributed by atoms with Gasteiger partial charge in [-0.3, -0.25) is 4.79 Å². The van der Waals surface area contributed by atoms with Crippen LogP contribution in [-0.4, -0.2) is 25.6 Å². The van der Waals surface area contributed by atoms with Crippen LogP contribution in [0.25, 0.3) is 0 Å².